The van der Waals surface area contributed by atoms with Gasteiger partial charge in [-0.1, -0.05) is 12.1 Å². The van der Waals surface area contributed by atoms with Gasteiger partial charge in [0.05, 0.1) is 0 Å². The Hall–Kier alpha value is -1.36. The Bertz CT molecular complexity index is 320. The van der Waals surface area contributed by atoms with E-state index in [1.807, 2.05) is 6.92 Å². The summed E-state index contributed by atoms with van der Waals surface area (Å²) in [5.74, 6) is -0.485. The Kier molecular flexibility index (Phi) is 3.64. The zero-order valence-electron chi connectivity index (χ0n) is 8.33. The average molecular weight is 198 g/mol. The average Bonchev–Trinajstić information content (AvgIpc) is 2.48. The number of hydrogen-bond acceptors (Lipinski definition) is 4. The molecule has 0 saturated heterocycles. The molecule has 0 aromatic carbocycles. The number of aromatic nitrogens is 1. The van der Waals surface area contributed by atoms with Crippen molar-refractivity contribution >= 4 is 5.97 Å². The molecule has 5 nitrogen and oxygen atoms in total. The third-order valence-corrected chi connectivity index (χ3v) is 1.92. The first-order chi connectivity index (χ1) is 6.66. The quantitative estimate of drug-likeness (QED) is 0.695. The fourth-order valence-corrected chi connectivity index (χ4v) is 1.16. The van der Waals surface area contributed by atoms with Crippen LogP contribution in [0.4, 0.5) is 0 Å². The molecule has 1 aromatic rings. The maximum absolute atomic E-state index is 10.7. The molecule has 1 heterocycles. The Morgan fingerprint density at radius 1 is 1.64 bits per heavy atom. The van der Waals surface area contributed by atoms with Crippen LogP contribution in [0.1, 0.15) is 35.2 Å². The number of aryl methyl sites for hydroxylation is 1. The zero-order chi connectivity index (χ0) is 10.6. The lowest BCUT2D eigenvalue weighted by atomic mass is 10.2. The number of carbonyl (C=O) groups is 1. The van der Waals surface area contributed by atoms with Crippen molar-refractivity contribution < 1.29 is 14.4 Å². The summed E-state index contributed by atoms with van der Waals surface area (Å²) in [6, 6.07) is 0. The van der Waals surface area contributed by atoms with E-state index in [1.54, 1.807) is 6.92 Å². The first kappa shape index (κ1) is 10.7. The molecule has 0 spiro atoms. The van der Waals surface area contributed by atoms with Crippen LogP contribution < -0.4 is 5.32 Å². The first-order valence-electron chi connectivity index (χ1n) is 4.56. The molecule has 0 aliphatic carbocycles. The van der Waals surface area contributed by atoms with E-state index in [0.29, 0.717) is 17.9 Å². The van der Waals surface area contributed by atoms with Gasteiger partial charge >= 0.3 is 5.97 Å². The van der Waals surface area contributed by atoms with Gasteiger partial charge < -0.3 is 14.9 Å². The van der Waals surface area contributed by atoms with Crippen LogP contribution in [0, 0.1) is 6.92 Å². The standard InChI is InChI=1S/C9H14N2O3/c1-3-4-10-5-7-6(2)14-11-8(7)9(12)13/h10H,3-5H2,1-2H3,(H,12,13). The minimum Gasteiger partial charge on any atom is -0.476 e. The molecule has 2 N–H and O–H groups in total. The topological polar surface area (TPSA) is 75.4 Å². The smallest absolute Gasteiger partial charge is 0.358 e. The van der Waals surface area contributed by atoms with Crippen molar-refractivity contribution in [2.45, 2.75) is 26.8 Å². The van der Waals surface area contributed by atoms with Crippen molar-refractivity contribution in [3.8, 4) is 0 Å². The normalized spacial score (nSPS) is 10.4. The van der Waals surface area contributed by atoms with Gasteiger partial charge in [-0.25, -0.2) is 4.79 Å². The van der Waals surface area contributed by atoms with E-state index in [4.69, 9.17) is 9.63 Å². The molecule has 1 aromatic heterocycles. The number of aromatic carboxylic acids is 1. The molecular formula is C9H14N2O3. The van der Waals surface area contributed by atoms with Gasteiger partial charge in [0, 0.05) is 12.1 Å². The molecule has 78 valence electrons. The van der Waals surface area contributed by atoms with Crippen LogP contribution in [0.3, 0.4) is 0 Å². The molecule has 5 heteroatoms. The predicted octanol–water partition coefficient (Wildman–Crippen LogP) is 1.18. The molecule has 14 heavy (non-hydrogen) atoms. The molecule has 0 amide bonds. The van der Waals surface area contributed by atoms with Crippen molar-refractivity contribution in [1.82, 2.24) is 10.5 Å². The highest BCUT2D eigenvalue weighted by atomic mass is 16.5. The molecule has 0 aliphatic heterocycles. The van der Waals surface area contributed by atoms with Gasteiger partial charge in [0.15, 0.2) is 5.69 Å². The summed E-state index contributed by atoms with van der Waals surface area (Å²) in [5.41, 5.74) is 0.636. The third-order valence-electron chi connectivity index (χ3n) is 1.92. The molecular weight excluding hydrogens is 184 g/mol. The van der Waals surface area contributed by atoms with Crippen molar-refractivity contribution in [2.24, 2.45) is 0 Å². The van der Waals surface area contributed by atoms with Gasteiger partial charge in [-0.3, -0.25) is 0 Å². The van der Waals surface area contributed by atoms with Gasteiger partial charge in [0.25, 0.3) is 0 Å². The monoisotopic (exact) mass is 198 g/mol. The van der Waals surface area contributed by atoms with Gasteiger partial charge in [-0.15, -0.1) is 0 Å². The number of nitrogens with zero attached hydrogens (tertiary/aromatic N) is 1. The summed E-state index contributed by atoms with van der Waals surface area (Å²) in [5, 5.41) is 15.4. The lowest BCUT2D eigenvalue weighted by Gasteiger charge is -2.01. The molecule has 0 atom stereocenters. The Balaban J connectivity index is 2.72. The molecule has 0 fully saturated rings. The largest absolute Gasteiger partial charge is 0.476 e. The van der Waals surface area contributed by atoms with E-state index < -0.39 is 5.97 Å². The lowest BCUT2D eigenvalue weighted by molar-refractivity contribution is 0.0684. The second kappa shape index (κ2) is 4.76. The molecule has 0 aliphatic rings. The maximum atomic E-state index is 10.7. The predicted molar refractivity (Wildman–Crippen MR) is 50.2 cm³/mol. The first-order valence-corrected chi connectivity index (χ1v) is 4.56. The van der Waals surface area contributed by atoms with E-state index in [2.05, 4.69) is 10.5 Å². The number of nitrogens with one attached hydrogen (secondary N) is 1. The SMILES string of the molecule is CCCNCc1c(C(=O)O)noc1C. The zero-order valence-corrected chi connectivity index (χ0v) is 8.33. The van der Waals surface area contributed by atoms with Crippen molar-refractivity contribution in [3.63, 3.8) is 0 Å². The van der Waals surface area contributed by atoms with E-state index >= 15 is 0 Å². The van der Waals surface area contributed by atoms with Crippen molar-refractivity contribution in [3.05, 3.63) is 17.0 Å². The van der Waals surface area contributed by atoms with Crippen molar-refractivity contribution in [1.29, 1.82) is 0 Å². The Morgan fingerprint density at radius 2 is 2.36 bits per heavy atom. The van der Waals surface area contributed by atoms with E-state index in [0.717, 1.165) is 13.0 Å². The van der Waals surface area contributed by atoms with Crippen LogP contribution in [-0.2, 0) is 6.54 Å². The second-order valence-electron chi connectivity index (χ2n) is 3.05. The Labute approximate surface area is 82.1 Å². The number of hydrogen-bond donors (Lipinski definition) is 2. The number of carboxylic acids is 1. The van der Waals surface area contributed by atoms with Gasteiger partial charge in [0.1, 0.15) is 5.76 Å². The van der Waals surface area contributed by atoms with Gasteiger partial charge in [-0.2, -0.15) is 0 Å². The van der Waals surface area contributed by atoms with Crippen LogP contribution in [0.15, 0.2) is 4.52 Å². The highest BCUT2D eigenvalue weighted by Crippen LogP contribution is 2.12. The van der Waals surface area contributed by atoms with Crippen LogP contribution in [0.5, 0.6) is 0 Å². The van der Waals surface area contributed by atoms with E-state index in [9.17, 15) is 4.79 Å². The number of rotatable bonds is 5. The second-order valence-corrected chi connectivity index (χ2v) is 3.05. The Morgan fingerprint density at radius 3 is 2.93 bits per heavy atom. The highest BCUT2D eigenvalue weighted by molar-refractivity contribution is 5.87. The minimum atomic E-state index is -1.05. The van der Waals surface area contributed by atoms with Crippen LogP contribution in [-0.4, -0.2) is 22.8 Å². The van der Waals surface area contributed by atoms with Crippen LogP contribution >= 0.6 is 0 Å². The molecule has 0 radical (unpaired) electrons. The fraction of sp³-hybridized carbons (Fsp3) is 0.556. The van der Waals surface area contributed by atoms with Crippen LogP contribution in [0.25, 0.3) is 0 Å². The summed E-state index contributed by atoms with van der Waals surface area (Å²) in [4.78, 5) is 10.7. The van der Waals surface area contributed by atoms with E-state index in [1.165, 1.54) is 0 Å². The fourth-order valence-electron chi connectivity index (χ4n) is 1.16. The number of carboxylic acid groups (broad SMARTS) is 1. The van der Waals surface area contributed by atoms with Crippen molar-refractivity contribution in [2.75, 3.05) is 6.54 Å². The highest BCUT2D eigenvalue weighted by Gasteiger charge is 2.17. The third kappa shape index (κ3) is 2.32. The summed E-state index contributed by atoms with van der Waals surface area (Å²) in [6.45, 7) is 5.10. The molecule has 1 rings (SSSR count). The summed E-state index contributed by atoms with van der Waals surface area (Å²) in [6.07, 6.45) is 1.01. The van der Waals surface area contributed by atoms with Gasteiger partial charge in [-0.05, 0) is 19.9 Å². The van der Waals surface area contributed by atoms with Gasteiger partial charge in [0.2, 0.25) is 0 Å². The summed E-state index contributed by atoms with van der Waals surface area (Å²) >= 11 is 0. The summed E-state index contributed by atoms with van der Waals surface area (Å²) in [7, 11) is 0. The van der Waals surface area contributed by atoms with E-state index in [-0.39, 0.29) is 5.69 Å². The molecule has 0 saturated carbocycles. The van der Waals surface area contributed by atoms with Crippen LogP contribution in [0.2, 0.25) is 0 Å². The summed E-state index contributed by atoms with van der Waals surface area (Å²) < 4.78 is 4.82. The maximum Gasteiger partial charge on any atom is 0.358 e. The molecule has 0 unspecified atom stereocenters. The lowest BCUT2D eigenvalue weighted by Crippen LogP contribution is -2.16. The molecule has 0 bridgehead atoms. The minimum absolute atomic E-state index is 0.00565.